The molecule has 1 saturated heterocycles. The van der Waals surface area contributed by atoms with Gasteiger partial charge in [-0.05, 0) is 6.07 Å². The van der Waals surface area contributed by atoms with Crippen LogP contribution in [-0.2, 0) is 9.47 Å². The lowest BCUT2D eigenvalue weighted by Crippen LogP contribution is -2.05. The second-order valence-corrected chi connectivity index (χ2v) is 3.06. The van der Waals surface area contributed by atoms with Gasteiger partial charge in [-0.3, -0.25) is 4.79 Å². The summed E-state index contributed by atoms with van der Waals surface area (Å²) in [5.74, 6) is -2.26. The summed E-state index contributed by atoms with van der Waals surface area (Å²) in [5, 5.41) is 0. The van der Waals surface area contributed by atoms with Crippen molar-refractivity contribution >= 4 is 6.29 Å². The van der Waals surface area contributed by atoms with Crippen LogP contribution in [0.5, 0.6) is 0 Å². The van der Waals surface area contributed by atoms with Crippen LogP contribution in [0.15, 0.2) is 12.1 Å². The predicted octanol–water partition coefficient (Wildman–Crippen LogP) is 1.82. The minimum absolute atomic E-state index is 0.0180. The van der Waals surface area contributed by atoms with E-state index in [0.717, 1.165) is 0 Å². The van der Waals surface area contributed by atoms with Crippen LogP contribution in [0, 0.1) is 11.6 Å². The highest BCUT2D eigenvalue weighted by Gasteiger charge is 2.24. The van der Waals surface area contributed by atoms with E-state index in [9.17, 15) is 13.6 Å². The average molecular weight is 214 g/mol. The standard InChI is InChI=1S/C10H8F2O3/c11-8-6(5-13)1-2-7(9(8)12)10-14-3-4-15-10/h1-2,5,10H,3-4H2. The molecule has 80 valence electrons. The molecule has 15 heavy (non-hydrogen) atoms. The zero-order valence-electron chi connectivity index (χ0n) is 7.70. The first kappa shape index (κ1) is 10.2. The lowest BCUT2D eigenvalue weighted by atomic mass is 10.1. The average Bonchev–Trinajstić information content (AvgIpc) is 2.75. The van der Waals surface area contributed by atoms with E-state index in [-0.39, 0.29) is 17.4 Å². The zero-order chi connectivity index (χ0) is 10.8. The van der Waals surface area contributed by atoms with Gasteiger partial charge in [0.25, 0.3) is 0 Å². The summed E-state index contributed by atoms with van der Waals surface area (Å²) in [6.45, 7) is 0.697. The quantitative estimate of drug-likeness (QED) is 0.704. The number of halogens is 2. The molecule has 0 unspecified atom stereocenters. The maximum atomic E-state index is 13.4. The highest BCUT2D eigenvalue weighted by atomic mass is 19.2. The Balaban J connectivity index is 2.40. The molecule has 1 aliphatic rings. The normalized spacial score (nSPS) is 16.9. The fraction of sp³-hybridized carbons (Fsp3) is 0.300. The van der Waals surface area contributed by atoms with Gasteiger partial charge in [0.1, 0.15) is 0 Å². The Morgan fingerprint density at radius 2 is 1.87 bits per heavy atom. The Hall–Kier alpha value is -1.33. The van der Waals surface area contributed by atoms with Crippen molar-refractivity contribution in [2.75, 3.05) is 13.2 Å². The highest BCUT2D eigenvalue weighted by Crippen LogP contribution is 2.27. The van der Waals surface area contributed by atoms with Crippen LogP contribution in [-0.4, -0.2) is 19.5 Å². The molecular weight excluding hydrogens is 206 g/mol. The zero-order valence-corrected chi connectivity index (χ0v) is 7.70. The van der Waals surface area contributed by atoms with E-state index in [1.54, 1.807) is 0 Å². The smallest absolute Gasteiger partial charge is 0.186 e. The van der Waals surface area contributed by atoms with Crippen molar-refractivity contribution in [2.24, 2.45) is 0 Å². The maximum Gasteiger partial charge on any atom is 0.186 e. The first-order valence-electron chi connectivity index (χ1n) is 4.40. The Labute approximate surface area is 84.6 Å². The van der Waals surface area contributed by atoms with E-state index < -0.39 is 17.9 Å². The van der Waals surface area contributed by atoms with Crippen molar-refractivity contribution in [3.63, 3.8) is 0 Å². The molecule has 3 nitrogen and oxygen atoms in total. The molecule has 0 amide bonds. The minimum Gasteiger partial charge on any atom is -0.346 e. The van der Waals surface area contributed by atoms with Crippen molar-refractivity contribution in [2.45, 2.75) is 6.29 Å². The Kier molecular flexibility index (Phi) is 2.75. The van der Waals surface area contributed by atoms with Crippen LogP contribution < -0.4 is 0 Å². The van der Waals surface area contributed by atoms with Gasteiger partial charge in [-0.1, -0.05) is 6.07 Å². The second kappa shape index (κ2) is 4.04. The minimum atomic E-state index is -1.17. The number of rotatable bonds is 2. The SMILES string of the molecule is O=Cc1ccc(C2OCCO2)c(F)c1F. The summed E-state index contributed by atoms with van der Waals surface area (Å²) in [6.07, 6.45) is -0.612. The molecule has 1 aromatic carbocycles. The topological polar surface area (TPSA) is 35.5 Å². The van der Waals surface area contributed by atoms with Crippen LogP contribution in [0.3, 0.4) is 0 Å². The van der Waals surface area contributed by atoms with E-state index in [4.69, 9.17) is 9.47 Å². The van der Waals surface area contributed by atoms with E-state index >= 15 is 0 Å². The van der Waals surface area contributed by atoms with Crippen LogP contribution in [0.25, 0.3) is 0 Å². The van der Waals surface area contributed by atoms with Gasteiger partial charge in [-0.15, -0.1) is 0 Å². The monoisotopic (exact) mass is 214 g/mol. The van der Waals surface area contributed by atoms with Crippen LogP contribution in [0.1, 0.15) is 22.2 Å². The fourth-order valence-corrected chi connectivity index (χ4v) is 1.39. The number of benzene rings is 1. The van der Waals surface area contributed by atoms with Gasteiger partial charge in [0.2, 0.25) is 0 Å². The maximum absolute atomic E-state index is 13.4. The lowest BCUT2D eigenvalue weighted by molar-refractivity contribution is -0.0468. The summed E-state index contributed by atoms with van der Waals surface area (Å²) < 4.78 is 36.7. The number of hydrogen-bond acceptors (Lipinski definition) is 3. The number of carbonyl (C=O) groups is 1. The largest absolute Gasteiger partial charge is 0.346 e. The van der Waals surface area contributed by atoms with E-state index in [2.05, 4.69) is 0 Å². The molecule has 5 heteroatoms. The molecule has 0 bridgehead atoms. The summed E-state index contributed by atoms with van der Waals surface area (Å²) in [7, 11) is 0. The molecular formula is C10H8F2O3. The summed E-state index contributed by atoms with van der Waals surface area (Å²) in [5.41, 5.74) is -0.329. The Morgan fingerprint density at radius 3 is 2.47 bits per heavy atom. The van der Waals surface area contributed by atoms with Gasteiger partial charge in [0.05, 0.1) is 18.8 Å². The molecule has 0 radical (unpaired) electrons. The molecule has 1 aromatic rings. The molecule has 1 heterocycles. The number of carbonyl (C=O) groups excluding carboxylic acids is 1. The molecule has 0 aliphatic carbocycles. The van der Waals surface area contributed by atoms with E-state index in [0.29, 0.717) is 13.2 Å². The second-order valence-electron chi connectivity index (χ2n) is 3.06. The summed E-state index contributed by atoms with van der Waals surface area (Å²) in [6, 6.07) is 2.49. The number of aldehydes is 1. The molecule has 0 N–H and O–H groups in total. The molecule has 0 spiro atoms. The van der Waals surface area contributed by atoms with Crippen molar-refractivity contribution in [1.82, 2.24) is 0 Å². The summed E-state index contributed by atoms with van der Waals surface area (Å²) >= 11 is 0. The van der Waals surface area contributed by atoms with Crippen molar-refractivity contribution in [3.05, 3.63) is 34.9 Å². The van der Waals surface area contributed by atoms with Gasteiger partial charge in [0, 0.05) is 5.56 Å². The van der Waals surface area contributed by atoms with E-state index in [1.165, 1.54) is 12.1 Å². The van der Waals surface area contributed by atoms with Gasteiger partial charge >= 0.3 is 0 Å². The number of hydrogen-bond donors (Lipinski definition) is 0. The fourth-order valence-electron chi connectivity index (χ4n) is 1.39. The van der Waals surface area contributed by atoms with Crippen LogP contribution in [0.4, 0.5) is 8.78 Å². The van der Waals surface area contributed by atoms with Gasteiger partial charge in [-0.25, -0.2) is 8.78 Å². The van der Waals surface area contributed by atoms with Crippen LogP contribution in [0.2, 0.25) is 0 Å². The van der Waals surface area contributed by atoms with Crippen molar-refractivity contribution in [3.8, 4) is 0 Å². The third-order valence-electron chi connectivity index (χ3n) is 2.14. The molecule has 0 atom stereocenters. The molecule has 1 fully saturated rings. The molecule has 0 aromatic heterocycles. The van der Waals surface area contributed by atoms with Crippen molar-refractivity contribution in [1.29, 1.82) is 0 Å². The van der Waals surface area contributed by atoms with Gasteiger partial charge in [0.15, 0.2) is 24.2 Å². The Bertz CT molecular complexity index is 386. The highest BCUT2D eigenvalue weighted by molar-refractivity contribution is 5.75. The van der Waals surface area contributed by atoms with Crippen molar-refractivity contribution < 1.29 is 23.0 Å². The van der Waals surface area contributed by atoms with E-state index in [1.807, 2.05) is 0 Å². The molecule has 1 aliphatic heterocycles. The molecule has 0 saturated carbocycles. The lowest BCUT2D eigenvalue weighted by Gasteiger charge is -2.11. The third-order valence-corrected chi connectivity index (χ3v) is 2.14. The first-order chi connectivity index (χ1) is 7.24. The Morgan fingerprint density at radius 1 is 1.20 bits per heavy atom. The number of ether oxygens (including phenoxy) is 2. The van der Waals surface area contributed by atoms with Gasteiger partial charge in [-0.2, -0.15) is 0 Å². The first-order valence-corrected chi connectivity index (χ1v) is 4.40. The third kappa shape index (κ3) is 1.75. The van der Waals surface area contributed by atoms with Gasteiger partial charge < -0.3 is 9.47 Å². The summed E-state index contributed by atoms with van der Waals surface area (Å²) in [4.78, 5) is 10.3. The van der Waals surface area contributed by atoms with Crippen LogP contribution >= 0.6 is 0 Å². The molecule has 2 rings (SSSR count). The predicted molar refractivity (Wildman–Crippen MR) is 46.4 cm³/mol.